The molecule has 90 valence electrons. The summed E-state index contributed by atoms with van der Waals surface area (Å²) in [5.41, 5.74) is 0. The third-order valence-corrected chi connectivity index (χ3v) is 2.71. The molecule has 0 saturated heterocycles. The van der Waals surface area contributed by atoms with E-state index in [1.54, 1.807) is 0 Å². The molecular weight excluding hydrogens is 230 g/mol. The molecule has 1 heterocycles. The minimum Gasteiger partial charge on any atom is -0.481 e. The van der Waals surface area contributed by atoms with Crippen LogP contribution in [-0.4, -0.2) is 40.2 Å². The van der Waals surface area contributed by atoms with Gasteiger partial charge in [0.1, 0.15) is 5.82 Å². The fourth-order valence-electron chi connectivity index (χ4n) is 1.10. The summed E-state index contributed by atoms with van der Waals surface area (Å²) in [5, 5.41) is 12.3. The standard InChI is InChI=1S/C9H15N3O3S/c1-3-7-11-9(16-12-7)10-5-6(15-2)4-8(13)14/h6H,3-5H2,1-2H3,(H,13,14)(H,10,11,12). The van der Waals surface area contributed by atoms with Crippen molar-refractivity contribution >= 4 is 22.6 Å². The molecule has 1 aromatic heterocycles. The Morgan fingerprint density at radius 3 is 2.94 bits per heavy atom. The molecule has 1 aromatic rings. The van der Waals surface area contributed by atoms with E-state index in [0.717, 1.165) is 12.2 Å². The topological polar surface area (TPSA) is 84.3 Å². The van der Waals surface area contributed by atoms with Gasteiger partial charge in [-0.2, -0.15) is 4.37 Å². The Morgan fingerprint density at radius 2 is 2.44 bits per heavy atom. The first-order chi connectivity index (χ1) is 7.65. The molecule has 7 heteroatoms. The first-order valence-corrected chi connectivity index (χ1v) is 5.74. The minimum atomic E-state index is -0.875. The second kappa shape index (κ2) is 6.39. The van der Waals surface area contributed by atoms with Crippen molar-refractivity contribution < 1.29 is 14.6 Å². The zero-order chi connectivity index (χ0) is 12.0. The van der Waals surface area contributed by atoms with E-state index < -0.39 is 5.97 Å². The lowest BCUT2D eigenvalue weighted by atomic mass is 10.2. The Labute approximate surface area is 97.8 Å². The van der Waals surface area contributed by atoms with Gasteiger partial charge in [-0.05, 0) is 0 Å². The maximum atomic E-state index is 10.5. The van der Waals surface area contributed by atoms with Crippen molar-refractivity contribution in [2.24, 2.45) is 0 Å². The molecule has 2 N–H and O–H groups in total. The molecule has 0 aliphatic heterocycles. The summed E-state index contributed by atoms with van der Waals surface area (Å²) >= 11 is 1.27. The van der Waals surface area contributed by atoms with Gasteiger partial charge in [0.25, 0.3) is 0 Å². The molecule has 0 aliphatic rings. The summed E-state index contributed by atoms with van der Waals surface area (Å²) in [6, 6.07) is 0. The van der Waals surface area contributed by atoms with Crippen LogP contribution in [-0.2, 0) is 16.0 Å². The van der Waals surface area contributed by atoms with Crippen LogP contribution < -0.4 is 5.32 Å². The van der Waals surface area contributed by atoms with E-state index in [9.17, 15) is 4.79 Å². The number of anilines is 1. The van der Waals surface area contributed by atoms with Crippen LogP contribution in [0.25, 0.3) is 0 Å². The molecular formula is C9H15N3O3S. The fraction of sp³-hybridized carbons (Fsp3) is 0.667. The van der Waals surface area contributed by atoms with E-state index in [2.05, 4.69) is 14.7 Å². The predicted octanol–water partition coefficient (Wildman–Crippen LogP) is 1.00. The van der Waals surface area contributed by atoms with Crippen LogP contribution in [0.15, 0.2) is 0 Å². The Bertz CT molecular complexity index is 342. The van der Waals surface area contributed by atoms with Gasteiger partial charge in [0, 0.05) is 31.6 Å². The Balaban J connectivity index is 2.39. The van der Waals surface area contributed by atoms with Crippen molar-refractivity contribution in [1.29, 1.82) is 0 Å². The van der Waals surface area contributed by atoms with Gasteiger partial charge in [0.15, 0.2) is 0 Å². The highest BCUT2D eigenvalue weighted by Gasteiger charge is 2.12. The number of aliphatic carboxylic acids is 1. The molecule has 0 saturated carbocycles. The summed E-state index contributed by atoms with van der Waals surface area (Å²) in [6.45, 7) is 2.40. The van der Waals surface area contributed by atoms with Gasteiger partial charge in [-0.15, -0.1) is 0 Å². The average Bonchev–Trinajstić information content (AvgIpc) is 2.71. The summed E-state index contributed by atoms with van der Waals surface area (Å²) in [5.74, 6) is -0.0835. The third-order valence-electron chi connectivity index (χ3n) is 2.00. The molecule has 0 aromatic carbocycles. The van der Waals surface area contributed by atoms with Crippen molar-refractivity contribution in [2.75, 3.05) is 19.0 Å². The van der Waals surface area contributed by atoms with Crippen LogP contribution in [0.4, 0.5) is 5.13 Å². The molecule has 0 amide bonds. The van der Waals surface area contributed by atoms with Crippen LogP contribution >= 0.6 is 11.5 Å². The van der Waals surface area contributed by atoms with Gasteiger partial charge >= 0.3 is 5.97 Å². The van der Waals surface area contributed by atoms with Crippen LogP contribution in [0.5, 0.6) is 0 Å². The fourth-order valence-corrected chi connectivity index (χ4v) is 1.76. The Kier molecular flexibility index (Phi) is 5.13. The molecule has 0 spiro atoms. The summed E-state index contributed by atoms with van der Waals surface area (Å²) in [4.78, 5) is 14.7. The smallest absolute Gasteiger partial charge is 0.306 e. The molecule has 16 heavy (non-hydrogen) atoms. The normalized spacial score (nSPS) is 12.4. The lowest BCUT2D eigenvalue weighted by Gasteiger charge is -2.12. The Morgan fingerprint density at radius 1 is 1.69 bits per heavy atom. The maximum absolute atomic E-state index is 10.5. The van der Waals surface area contributed by atoms with Crippen LogP contribution in [0.3, 0.4) is 0 Å². The summed E-state index contributed by atoms with van der Waals surface area (Å²) in [6.07, 6.45) is 0.413. The molecule has 0 radical (unpaired) electrons. The number of nitrogens with one attached hydrogen (secondary N) is 1. The lowest BCUT2D eigenvalue weighted by molar-refractivity contribution is -0.139. The maximum Gasteiger partial charge on any atom is 0.306 e. The molecule has 0 fully saturated rings. The number of aryl methyl sites for hydroxylation is 1. The monoisotopic (exact) mass is 245 g/mol. The first-order valence-electron chi connectivity index (χ1n) is 4.96. The van der Waals surface area contributed by atoms with Gasteiger partial charge in [-0.1, -0.05) is 6.92 Å². The zero-order valence-corrected chi connectivity index (χ0v) is 10.1. The molecule has 1 unspecified atom stereocenters. The number of carbonyl (C=O) groups is 1. The number of carboxylic acid groups (broad SMARTS) is 1. The number of nitrogens with zero attached hydrogens (tertiary/aromatic N) is 2. The highest BCUT2D eigenvalue weighted by molar-refractivity contribution is 7.09. The van der Waals surface area contributed by atoms with E-state index >= 15 is 0 Å². The Hall–Kier alpha value is -1.21. The molecule has 6 nitrogen and oxygen atoms in total. The van der Waals surface area contributed by atoms with E-state index in [-0.39, 0.29) is 12.5 Å². The molecule has 0 aliphatic carbocycles. The second-order valence-electron chi connectivity index (χ2n) is 3.21. The number of methoxy groups -OCH3 is 1. The highest BCUT2D eigenvalue weighted by Crippen LogP contribution is 2.11. The van der Waals surface area contributed by atoms with Gasteiger partial charge in [-0.3, -0.25) is 4.79 Å². The third kappa shape index (κ3) is 4.11. The summed E-state index contributed by atoms with van der Waals surface area (Å²) in [7, 11) is 1.49. The minimum absolute atomic E-state index is 0.0249. The van der Waals surface area contributed by atoms with Gasteiger partial charge in [0.05, 0.1) is 12.5 Å². The molecule has 0 bridgehead atoms. The molecule has 1 rings (SSSR count). The number of carboxylic acids is 1. The number of ether oxygens (including phenoxy) is 1. The average molecular weight is 245 g/mol. The van der Waals surface area contributed by atoms with Crippen molar-refractivity contribution in [3.05, 3.63) is 5.82 Å². The molecule has 1 atom stereocenters. The van der Waals surface area contributed by atoms with Gasteiger partial charge < -0.3 is 15.2 Å². The van der Waals surface area contributed by atoms with Crippen LogP contribution in [0.1, 0.15) is 19.2 Å². The van der Waals surface area contributed by atoms with Crippen molar-refractivity contribution in [3.8, 4) is 0 Å². The number of rotatable bonds is 7. The number of aromatic nitrogens is 2. The summed E-state index contributed by atoms with van der Waals surface area (Å²) < 4.78 is 9.14. The van der Waals surface area contributed by atoms with Crippen molar-refractivity contribution in [3.63, 3.8) is 0 Å². The lowest BCUT2D eigenvalue weighted by Crippen LogP contribution is -2.24. The van der Waals surface area contributed by atoms with E-state index in [1.165, 1.54) is 18.6 Å². The van der Waals surface area contributed by atoms with Gasteiger partial charge in [-0.25, -0.2) is 4.98 Å². The zero-order valence-electron chi connectivity index (χ0n) is 9.27. The van der Waals surface area contributed by atoms with Crippen LogP contribution in [0, 0.1) is 0 Å². The van der Waals surface area contributed by atoms with E-state index in [4.69, 9.17) is 9.84 Å². The van der Waals surface area contributed by atoms with E-state index in [0.29, 0.717) is 11.7 Å². The second-order valence-corrected chi connectivity index (χ2v) is 3.96. The largest absolute Gasteiger partial charge is 0.481 e. The van der Waals surface area contributed by atoms with Crippen molar-refractivity contribution in [2.45, 2.75) is 25.9 Å². The number of hydrogen-bond acceptors (Lipinski definition) is 6. The highest BCUT2D eigenvalue weighted by atomic mass is 32.1. The SMILES string of the molecule is CCc1nsc(NCC(CC(=O)O)OC)n1. The van der Waals surface area contributed by atoms with Gasteiger partial charge in [0.2, 0.25) is 5.13 Å². The van der Waals surface area contributed by atoms with Crippen molar-refractivity contribution in [1.82, 2.24) is 9.36 Å². The first kappa shape index (κ1) is 12.9. The predicted molar refractivity (Wildman–Crippen MR) is 60.8 cm³/mol. The quantitative estimate of drug-likeness (QED) is 0.745. The number of hydrogen-bond donors (Lipinski definition) is 2. The van der Waals surface area contributed by atoms with Crippen LogP contribution in [0.2, 0.25) is 0 Å². The van der Waals surface area contributed by atoms with E-state index in [1.807, 2.05) is 6.92 Å².